The zero-order valence-electron chi connectivity index (χ0n) is 19.1. The van der Waals surface area contributed by atoms with Gasteiger partial charge in [0.25, 0.3) is 11.7 Å². The number of benzene rings is 3. The molecule has 0 saturated carbocycles. The lowest BCUT2D eigenvalue weighted by molar-refractivity contribution is -0.137. The maximum absolute atomic E-state index is 13.4. The van der Waals surface area contributed by atoms with E-state index >= 15 is 0 Å². The molecule has 1 amide bonds. The minimum Gasteiger partial charge on any atom is -0.508 e. The number of carbonyl (C=O) groups is 2. The second-order valence-corrected chi connectivity index (χ2v) is 8.19. The monoisotopic (exact) mass is 497 g/mol. The summed E-state index contributed by atoms with van der Waals surface area (Å²) in [6.07, 6.45) is -3.92. The zero-order chi connectivity index (χ0) is 26.0. The van der Waals surface area contributed by atoms with Gasteiger partial charge >= 0.3 is 6.18 Å². The quantitative estimate of drug-likeness (QED) is 0.254. The lowest BCUT2D eigenvalue weighted by atomic mass is 9.95. The Labute approximate surface area is 204 Å². The van der Waals surface area contributed by atoms with Crippen LogP contribution in [0.1, 0.15) is 36.1 Å². The van der Waals surface area contributed by atoms with Crippen LogP contribution < -0.4 is 9.64 Å². The molecule has 4 rings (SSSR count). The van der Waals surface area contributed by atoms with E-state index in [1.54, 1.807) is 12.1 Å². The van der Waals surface area contributed by atoms with Crippen molar-refractivity contribution in [2.45, 2.75) is 25.6 Å². The summed E-state index contributed by atoms with van der Waals surface area (Å²) in [5, 5.41) is 20.9. The molecule has 1 aliphatic heterocycles. The normalized spacial score (nSPS) is 17.4. The molecular formula is C27H22F3NO5. The number of anilines is 1. The highest BCUT2D eigenvalue weighted by molar-refractivity contribution is 6.51. The first-order chi connectivity index (χ1) is 17.1. The molecule has 1 fully saturated rings. The number of phenols is 1. The summed E-state index contributed by atoms with van der Waals surface area (Å²) in [4.78, 5) is 27.3. The number of aromatic hydroxyl groups is 1. The molecular weight excluding hydrogens is 475 g/mol. The molecule has 0 aliphatic carbocycles. The van der Waals surface area contributed by atoms with E-state index in [-0.39, 0.29) is 22.6 Å². The number of phenolic OH excluding ortho intramolecular Hbond substituents is 1. The van der Waals surface area contributed by atoms with Gasteiger partial charge in [0.05, 0.1) is 23.8 Å². The Morgan fingerprint density at radius 1 is 1.00 bits per heavy atom. The Kier molecular flexibility index (Phi) is 6.74. The Morgan fingerprint density at radius 3 is 2.36 bits per heavy atom. The highest BCUT2D eigenvalue weighted by Crippen LogP contribution is 2.43. The van der Waals surface area contributed by atoms with Gasteiger partial charge in [0.15, 0.2) is 0 Å². The molecule has 1 aliphatic rings. The molecule has 0 aromatic heterocycles. The van der Waals surface area contributed by atoms with Crippen LogP contribution in [0.2, 0.25) is 0 Å². The summed E-state index contributed by atoms with van der Waals surface area (Å²) in [7, 11) is 0. The van der Waals surface area contributed by atoms with Gasteiger partial charge in [-0.15, -0.1) is 0 Å². The largest absolute Gasteiger partial charge is 0.508 e. The molecule has 1 heterocycles. The number of carbonyl (C=O) groups excluding carboxylic acids is 2. The van der Waals surface area contributed by atoms with Crippen molar-refractivity contribution in [3.8, 4) is 11.5 Å². The first-order valence-electron chi connectivity index (χ1n) is 11.1. The van der Waals surface area contributed by atoms with E-state index in [1.807, 2.05) is 6.92 Å². The topological polar surface area (TPSA) is 87.1 Å². The van der Waals surface area contributed by atoms with Crippen molar-refractivity contribution in [2.24, 2.45) is 0 Å². The number of Topliss-reactive ketones (excluding diaryl/α,β-unsaturated/α-hetero) is 1. The Balaban J connectivity index is 1.90. The standard InChI is InChI=1S/C27H22F3NO5/c1-2-13-36-21-8-3-5-17(14-21)24(33)22-23(16-9-11-20(32)12-10-16)31(26(35)25(22)34)19-7-4-6-18(15-19)27(28,29)30/h3-12,14-15,23,32-33H,2,13H2,1H3/b24-22+. The highest BCUT2D eigenvalue weighted by Gasteiger charge is 2.47. The SMILES string of the molecule is CCCOc1cccc(/C(O)=C2\C(=O)C(=O)N(c3cccc(C(F)(F)F)c3)C2c2ccc(O)cc2)c1. The molecule has 3 aromatic carbocycles. The molecule has 2 N–H and O–H groups in total. The van der Waals surface area contributed by atoms with Crippen LogP contribution in [-0.2, 0) is 15.8 Å². The van der Waals surface area contributed by atoms with Crippen LogP contribution in [0.25, 0.3) is 5.76 Å². The first kappa shape index (κ1) is 24.8. The summed E-state index contributed by atoms with van der Waals surface area (Å²) in [5.74, 6) is -2.29. The summed E-state index contributed by atoms with van der Waals surface area (Å²) >= 11 is 0. The van der Waals surface area contributed by atoms with E-state index in [4.69, 9.17) is 4.74 Å². The molecule has 36 heavy (non-hydrogen) atoms. The lowest BCUT2D eigenvalue weighted by Gasteiger charge is -2.26. The van der Waals surface area contributed by atoms with Crippen LogP contribution in [-0.4, -0.2) is 28.5 Å². The average Bonchev–Trinajstić information content (AvgIpc) is 3.12. The molecule has 1 unspecified atom stereocenters. The Bertz CT molecular complexity index is 1330. The number of rotatable bonds is 6. The fraction of sp³-hybridized carbons (Fsp3) is 0.185. The van der Waals surface area contributed by atoms with E-state index in [0.717, 1.165) is 29.5 Å². The van der Waals surface area contributed by atoms with Crippen molar-refractivity contribution >= 4 is 23.1 Å². The van der Waals surface area contributed by atoms with Crippen molar-refractivity contribution < 1.29 is 37.7 Å². The van der Waals surface area contributed by atoms with Crippen LogP contribution in [0, 0.1) is 0 Å². The third-order valence-electron chi connectivity index (χ3n) is 5.69. The number of hydrogen-bond donors (Lipinski definition) is 2. The van der Waals surface area contributed by atoms with Crippen LogP contribution in [0.15, 0.2) is 78.4 Å². The lowest BCUT2D eigenvalue weighted by Crippen LogP contribution is -2.29. The van der Waals surface area contributed by atoms with Gasteiger partial charge < -0.3 is 14.9 Å². The predicted molar refractivity (Wildman–Crippen MR) is 127 cm³/mol. The fourth-order valence-electron chi connectivity index (χ4n) is 4.01. The van der Waals surface area contributed by atoms with Gasteiger partial charge in [-0.05, 0) is 54.4 Å². The molecule has 1 saturated heterocycles. The molecule has 1 atom stereocenters. The number of aliphatic hydroxyl groups is 1. The van der Waals surface area contributed by atoms with Crippen molar-refractivity contribution in [3.05, 3.63) is 95.1 Å². The molecule has 186 valence electrons. The number of ketones is 1. The molecule has 3 aromatic rings. The Hall–Kier alpha value is -4.27. The van der Waals surface area contributed by atoms with Gasteiger partial charge in [-0.3, -0.25) is 14.5 Å². The zero-order valence-corrected chi connectivity index (χ0v) is 19.1. The van der Waals surface area contributed by atoms with E-state index in [9.17, 15) is 33.0 Å². The minimum absolute atomic E-state index is 0.0875. The summed E-state index contributed by atoms with van der Waals surface area (Å²) < 4.78 is 45.7. The van der Waals surface area contributed by atoms with Crippen LogP contribution in [0.5, 0.6) is 11.5 Å². The molecule has 0 bridgehead atoms. The number of ether oxygens (including phenoxy) is 1. The van der Waals surface area contributed by atoms with Gasteiger partial charge in [-0.1, -0.05) is 37.3 Å². The summed E-state index contributed by atoms with van der Waals surface area (Å²) in [6, 6.07) is 14.6. The summed E-state index contributed by atoms with van der Waals surface area (Å²) in [5.41, 5.74) is -0.939. The van der Waals surface area contributed by atoms with Crippen molar-refractivity contribution in [2.75, 3.05) is 11.5 Å². The molecule has 0 spiro atoms. The predicted octanol–water partition coefficient (Wildman–Crippen LogP) is 5.83. The highest BCUT2D eigenvalue weighted by atomic mass is 19.4. The van der Waals surface area contributed by atoms with E-state index < -0.39 is 35.2 Å². The van der Waals surface area contributed by atoms with Crippen molar-refractivity contribution in [1.82, 2.24) is 0 Å². The maximum Gasteiger partial charge on any atom is 0.416 e. The number of halogens is 3. The molecule has 6 nitrogen and oxygen atoms in total. The van der Waals surface area contributed by atoms with Crippen LogP contribution >= 0.6 is 0 Å². The van der Waals surface area contributed by atoms with E-state index in [1.165, 1.54) is 42.5 Å². The number of nitrogens with zero attached hydrogens (tertiary/aromatic N) is 1. The molecule has 0 radical (unpaired) electrons. The number of alkyl halides is 3. The smallest absolute Gasteiger partial charge is 0.416 e. The number of hydrogen-bond acceptors (Lipinski definition) is 5. The van der Waals surface area contributed by atoms with Gasteiger partial charge in [-0.2, -0.15) is 13.2 Å². The van der Waals surface area contributed by atoms with Gasteiger partial charge in [0.1, 0.15) is 17.3 Å². The van der Waals surface area contributed by atoms with Crippen molar-refractivity contribution in [3.63, 3.8) is 0 Å². The van der Waals surface area contributed by atoms with Crippen LogP contribution in [0.4, 0.5) is 18.9 Å². The minimum atomic E-state index is -4.67. The number of amides is 1. The second kappa shape index (κ2) is 9.77. The third-order valence-corrected chi connectivity index (χ3v) is 5.69. The number of aliphatic hydroxyl groups excluding tert-OH is 1. The second-order valence-electron chi connectivity index (χ2n) is 8.19. The fourth-order valence-corrected chi connectivity index (χ4v) is 4.01. The van der Waals surface area contributed by atoms with Crippen LogP contribution in [0.3, 0.4) is 0 Å². The van der Waals surface area contributed by atoms with E-state index in [0.29, 0.717) is 17.9 Å². The first-order valence-corrected chi connectivity index (χ1v) is 11.1. The average molecular weight is 497 g/mol. The summed E-state index contributed by atoms with van der Waals surface area (Å²) in [6.45, 7) is 2.36. The maximum atomic E-state index is 13.4. The van der Waals surface area contributed by atoms with Gasteiger partial charge in [0.2, 0.25) is 0 Å². The molecule has 9 heteroatoms. The Morgan fingerprint density at radius 2 is 1.69 bits per heavy atom. The van der Waals surface area contributed by atoms with Gasteiger partial charge in [0, 0.05) is 11.3 Å². The van der Waals surface area contributed by atoms with Gasteiger partial charge in [-0.25, -0.2) is 0 Å². The van der Waals surface area contributed by atoms with E-state index in [2.05, 4.69) is 0 Å². The third kappa shape index (κ3) is 4.77. The van der Waals surface area contributed by atoms with Crippen molar-refractivity contribution in [1.29, 1.82) is 0 Å².